The molecule has 1 aliphatic rings. The van der Waals surface area contributed by atoms with Crippen LogP contribution in [0, 0.1) is 0 Å². The van der Waals surface area contributed by atoms with Crippen molar-refractivity contribution >= 4 is 44.3 Å². The lowest BCUT2D eigenvalue weighted by Gasteiger charge is -2.23. The van der Waals surface area contributed by atoms with Gasteiger partial charge in [0.1, 0.15) is 10.4 Å². The van der Waals surface area contributed by atoms with Gasteiger partial charge in [-0.15, -0.1) is 13.2 Å². The van der Waals surface area contributed by atoms with E-state index in [4.69, 9.17) is 4.74 Å². The molecule has 1 fully saturated rings. The van der Waals surface area contributed by atoms with Gasteiger partial charge >= 0.3 is 6.36 Å². The van der Waals surface area contributed by atoms with Crippen LogP contribution in [0.3, 0.4) is 0 Å². The maximum atomic E-state index is 13.3. The molecule has 186 valence electrons. The van der Waals surface area contributed by atoms with Crippen LogP contribution in [-0.4, -0.2) is 64.1 Å². The Hall–Kier alpha value is -3.45. The number of thiazole rings is 1. The number of carbonyl (C=O) groups excluding carboxylic acids is 2. The second-order valence-corrected chi connectivity index (χ2v) is 8.94. The SMILES string of the molecule is C=C(C)n1nc(C(=O)N2CCC[C@H]2COC)c2sc(NC(=O)c3ccc(OC(F)(F)F)cc3)nc21. The molecule has 1 saturated heterocycles. The van der Waals surface area contributed by atoms with Gasteiger partial charge in [-0.2, -0.15) is 10.1 Å². The average molecular weight is 510 g/mol. The van der Waals surface area contributed by atoms with E-state index in [1.54, 1.807) is 18.9 Å². The minimum Gasteiger partial charge on any atom is -0.406 e. The van der Waals surface area contributed by atoms with Crippen LogP contribution in [0.4, 0.5) is 18.3 Å². The second-order valence-electron chi connectivity index (χ2n) is 7.94. The molecule has 1 aromatic carbocycles. The number of amides is 2. The normalized spacial score (nSPS) is 16.0. The van der Waals surface area contributed by atoms with Crippen LogP contribution in [0.25, 0.3) is 16.0 Å². The van der Waals surface area contributed by atoms with Crippen LogP contribution in [0.15, 0.2) is 30.8 Å². The van der Waals surface area contributed by atoms with Gasteiger partial charge in [0.05, 0.1) is 12.6 Å². The Morgan fingerprint density at radius 1 is 1.29 bits per heavy atom. The lowest BCUT2D eigenvalue weighted by Crippen LogP contribution is -2.38. The van der Waals surface area contributed by atoms with Crippen molar-refractivity contribution in [2.24, 2.45) is 0 Å². The number of allylic oxidation sites excluding steroid dienone is 1. The van der Waals surface area contributed by atoms with Crippen molar-refractivity contribution in [3.8, 4) is 5.75 Å². The molecule has 2 aromatic heterocycles. The molecule has 0 bridgehead atoms. The van der Waals surface area contributed by atoms with Gasteiger partial charge < -0.3 is 14.4 Å². The molecule has 0 spiro atoms. The summed E-state index contributed by atoms with van der Waals surface area (Å²) in [5.74, 6) is -1.27. The van der Waals surface area contributed by atoms with Crippen molar-refractivity contribution < 1.29 is 32.2 Å². The zero-order valence-electron chi connectivity index (χ0n) is 18.9. The molecular weight excluding hydrogens is 487 g/mol. The molecule has 13 heteroatoms. The van der Waals surface area contributed by atoms with Gasteiger partial charge in [0.2, 0.25) is 0 Å². The first-order chi connectivity index (χ1) is 16.6. The summed E-state index contributed by atoms with van der Waals surface area (Å²) in [5, 5.41) is 7.25. The van der Waals surface area contributed by atoms with Crippen LogP contribution >= 0.6 is 11.3 Å². The highest BCUT2D eigenvalue weighted by Crippen LogP contribution is 2.33. The van der Waals surface area contributed by atoms with Crippen LogP contribution in [0.1, 0.15) is 40.6 Å². The summed E-state index contributed by atoms with van der Waals surface area (Å²) in [5.41, 5.74) is 1.22. The lowest BCUT2D eigenvalue weighted by atomic mass is 10.2. The summed E-state index contributed by atoms with van der Waals surface area (Å²) in [7, 11) is 1.59. The number of fused-ring (bicyclic) bond motifs is 1. The fourth-order valence-corrected chi connectivity index (χ4v) is 4.76. The summed E-state index contributed by atoms with van der Waals surface area (Å²) < 4.78 is 48.0. The molecule has 0 saturated carbocycles. The van der Waals surface area contributed by atoms with Crippen molar-refractivity contribution in [1.29, 1.82) is 0 Å². The summed E-state index contributed by atoms with van der Waals surface area (Å²) >= 11 is 1.08. The van der Waals surface area contributed by atoms with Crippen LogP contribution in [-0.2, 0) is 4.74 Å². The first-order valence-corrected chi connectivity index (χ1v) is 11.4. The number of aromatic nitrogens is 3. The highest BCUT2D eigenvalue weighted by atomic mass is 32.1. The zero-order valence-corrected chi connectivity index (χ0v) is 19.7. The quantitative estimate of drug-likeness (QED) is 0.508. The average Bonchev–Trinajstić information content (AvgIpc) is 3.48. The van der Waals surface area contributed by atoms with E-state index < -0.39 is 18.0 Å². The summed E-state index contributed by atoms with van der Waals surface area (Å²) in [6.07, 6.45) is -3.13. The predicted molar refractivity (Wildman–Crippen MR) is 123 cm³/mol. The maximum Gasteiger partial charge on any atom is 0.573 e. The van der Waals surface area contributed by atoms with E-state index in [1.165, 1.54) is 16.8 Å². The number of hydrogen-bond donors (Lipinski definition) is 1. The highest BCUT2D eigenvalue weighted by molar-refractivity contribution is 7.22. The first-order valence-electron chi connectivity index (χ1n) is 10.6. The number of carbonyl (C=O) groups is 2. The summed E-state index contributed by atoms with van der Waals surface area (Å²) in [6.45, 7) is 6.61. The van der Waals surface area contributed by atoms with E-state index in [2.05, 4.69) is 26.7 Å². The van der Waals surface area contributed by atoms with Crippen LogP contribution < -0.4 is 10.1 Å². The Labute approximate surface area is 202 Å². The standard InChI is InChI=1S/C22H22F3N5O4S/c1-12(2)30-18-17(16(28-30)20(32)29-10-4-5-14(29)11-33-3)35-21(26-18)27-19(31)13-6-8-15(9-7-13)34-22(23,24)25/h6-9,14H,1,4-5,10-11H2,2-3H3,(H,26,27,31)/t14-/m0/s1. The Morgan fingerprint density at radius 3 is 2.63 bits per heavy atom. The topological polar surface area (TPSA) is 98.6 Å². The molecule has 0 radical (unpaired) electrons. The molecule has 1 N–H and O–H groups in total. The summed E-state index contributed by atoms with van der Waals surface area (Å²) in [6, 6.07) is 4.45. The Kier molecular flexibility index (Phi) is 6.81. The monoisotopic (exact) mass is 509 g/mol. The molecule has 35 heavy (non-hydrogen) atoms. The molecule has 0 aliphatic carbocycles. The Bertz CT molecular complexity index is 1270. The number of methoxy groups -OCH3 is 1. The maximum absolute atomic E-state index is 13.3. The fourth-order valence-electron chi connectivity index (χ4n) is 3.84. The lowest BCUT2D eigenvalue weighted by molar-refractivity contribution is -0.274. The third-order valence-electron chi connectivity index (χ3n) is 5.36. The fraction of sp³-hybridized carbons (Fsp3) is 0.364. The number of hydrogen-bond acceptors (Lipinski definition) is 7. The van der Waals surface area contributed by atoms with E-state index in [-0.39, 0.29) is 28.3 Å². The number of likely N-dealkylation sites (tertiary alicyclic amines) is 1. The number of anilines is 1. The van der Waals surface area contributed by atoms with E-state index in [0.717, 1.165) is 36.3 Å². The number of rotatable bonds is 7. The minimum atomic E-state index is -4.82. The van der Waals surface area contributed by atoms with Crippen LogP contribution in [0.5, 0.6) is 5.75 Å². The number of ether oxygens (including phenoxy) is 2. The van der Waals surface area contributed by atoms with E-state index >= 15 is 0 Å². The zero-order chi connectivity index (χ0) is 25.3. The van der Waals surface area contributed by atoms with Crippen molar-refractivity contribution in [3.05, 3.63) is 42.1 Å². The molecule has 9 nitrogen and oxygen atoms in total. The number of nitrogens with zero attached hydrogens (tertiary/aromatic N) is 4. The van der Waals surface area contributed by atoms with Crippen LogP contribution in [0.2, 0.25) is 0 Å². The number of halogens is 3. The van der Waals surface area contributed by atoms with Crippen molar-refractivity contribution in [2.45, 2.75) is 32.2 Å². The van der Waals surface area contributed by atoms with Crippen molar-refractivity contribution in [1.82, 2.24) is 19.7 Å². The number of benzene rings is 1. The van der Waals surface area contributed by atoms with Crippen molar-refractivity contribution in [2.75, 3.05) is 25.6 Å². The van der Waals surface area contributed by atoms with Gasteiger partial charge in [0.15, 0.2) is 16.5 Å². The molecule has 1 aliphatic heterocycles. The van der Waals surface area contributed by atoms with Crippen molar-refractivity contribution in [3.63, 3.8) is 0 Å². The van der Waals surface area contributed by atoms with E-state index in [0.29, 0.717) is 29.2 Å². The molecule has 4 rings (SSSR count). The largest absolute Gasteiger partial charge is 0.573 e. The third-order valence-corrected chi connectivity index (χ3v) is 6.32. The second kappa shape index (κ2) is 9.66. The molecule has 2 amide bonds. The minimum absolute atomic E-state index is 0.0473. The van der Waals surface area contributed by atoms with E-state index in [9.17, 15) is 22.8 Å². The molecule has 1 atom stereocenters. The van der Waals surface area contributed by atoms with Gasteiger partial charge in [0, 0.05) is 24.9 Å². The first kappa shape index (κ1) is 24.7. The summed E-state index contributed by atoms with van der Waals surface area (Å²) in [4.78, 5) is 32.1. The van der Waals surface area contributed by atoms with Gasteiger partial charge in [-0.3, -0.25) is 14.9 Å². The van der Waals surface area contributed by atoms with Gasteiger partial charge in [-0.25, -0.2) is 4.68 Å². The van der Waals surface area contributed by atoms with Gasteiger partial charge in [0.25, 0.3) is 11.8 Å². The Balaban J connectivity index is 1.59. The number of alkyl halides is 3. The number of nitrogens with one attached hydrogen (secondary N) is 1. The predicted octanol–water partition coefficient (Wildman–Crippen LogP) is 4.39. The van der Waals surface area contributed by atoms with E-state index in [1.807, 2.05) is 0 Å². The third kappa shape index (κ3) is 5.30. The Morgan fingerprint density at radius 2 is 2.00 bits per heavy atom. The van der Waals surface area contributed by atoms with Gasteiger partial charge in [-0.05, 0) is 44.0 Å². The molecule has 3 heterocycles. The molecule has 0 unspecified atom stereocenters. The van der Waals surface area contributed by atoms with Gasteiger partial charge in [-0.1, -0.05) is 17.9 Å². The smallest absolute Gasteiger partial charge is 0.406 e. The molecule has 3 aromatic rings. The molecular formula is C22H22F3N5O4S. The highest BCUT2D eigenvalue weighted by Gasteiger charge is 2.33.